The highest BCUT2D eigenvalue weighted by Gasteiger charge is 2.44. The van der Waals surface area contributed by atoms with Gasteiger partial charge in [0.15, 0.2) is 0 Å². The summed E-state index contributed by atoms with van der Waals surface area (Å²) in [5.41, 5.74) is 0.285. The van der Waals surface area contributed by atoms with Crippen LogP contribution in [0.2, 0.25) is 5.02 Å². The molecule has 0 radical (unpaired) electrons. The average Bonchev–Trinajstić information content (AvgIpc) is 3.31. The molecule has 1 aliphatic carbocycles. The summed E-state index contributed by atoms with van der Waals surface area (Å²) in [6, 6.07) is 2.35. The predicted molar refractivity (Wildman–Crippen MR) is 96.9 cm³/mol. The minimum absolute atomic E-state index is 0.0184. The SMILES string of the molecule is Cc1cc(S(=O)(=O)NCC2(CN3CCN(C)CC3)CC2)c(Cl)cc1F. The Morgan fingerprint density at radius 1 is 1.24 bits per heavy atom. The van der Waals surface area contributed by atoms with Crippen LogP contribution in [0.15, 0.2) is 17.0 Å². The van der Waals surface area contributed by atoms with Gasteiger partial charge in [-0.3, -0.25) is 0 Å². The Morgan fingerprint density at radius 3 is 2.48 bits per heavy atom. The number of rotatable bonds is 6. The van der Waals surface area contributed by atoms with Crippen LogP contribution >= 0.6 is 11.6 Å². The smallest absolute Gasteiger partial charge is 0.242 e. The van der Waals surface area contributed by atoms with Gasteiger partial charge in [0.2, 0.25) is 10.0 Å². The van der Waals surface area contributed by atoms with Gasteiger partial charge in [0.05, 0.1) is 5.02 Å². The highest BCUT2D eigenvalue weighted by Crippen LogP contribution is 2.46. The van der Waals surface area contributed by atoms with E-state index in [9.17, 15) is 12.8 Å². The summed E-state index contributed by atoms with van der Waals surface area (Å²) in [5.74, 6) is -0.502. The van der Waals surface area contributed by atoms with E-state index in [1.165, 1.54) is 13.0 Å². The van der Waals surface area contributed by atoms with E-state index in [0.717, 1.165) is 51.6 Å². The lowest BCUT2D eigenvalue weighted by Gasteiger charge is -2.34. The Labute approximate surface area is 154 Å². The summed E-state index contributed by atoms with van der Waals surface area (Å²) < 4.78 is 41.4. The number of piperazine rings is 1. The molecule has 25 heavy (non-hydrogen) atoms. The molecular weight excluding hydrogens is 365 g/mol. The van der Waals surface area contributed by atoms with Crippen molar-refractivity contribution in [1.29, 1.82) is 0 Å². The molecule has 140 valence electrons. The number of halogens is 2. The summed E-state index contributed by atoms with van der Waals surface area (Å²) in [4.78, 5) is 4.66. The highest BCUT2D eigenvalue weighted by atomic mass is 35.5. The Morgan fingerprint density at radius 2 is 1.88 bits per heavy atom. The van der Waals surface area contributed by atoms with Gasteiger partial charge < -0.3 is 9.80 Å². The highest BCUT2D eigenvalue weighted by molar-refractivity contribution is 7.89. The number of aryl methyl sites for hydroxylation is 1. The number of nitrogens with one attached hydrogen (secondary N) is 1. The van der Waals surface area contributed by atoms with E-state index in [0.29, 0.717) is 6.54 Å². The summed E-state index contributed by atoms with van der Waals surface area (Å²) in [6.45, 7) is 6.98. The third-order valence-corrected chi connectivity index (χ3v) is 7.12. The van der Waals surface area contributed by atoms with Crippen molar-refractivity contribution in [2.45, 2.75) is 24.7 Å². The molecular formula is C17H25ClFN3O2S. The van der Waals surface area contributed by atoms with Gasteiger partial charge in [-0.05, 0) is 49.9 Å². The van der Waals surface area contributed by atoms with Crippen LogP contribution in [0.1, 0.15) is 18.4 Å². The molecule has 0 atom stereocenters. The molecule has 2 aliphatic rings. The molecule has 3 rings (SSSR count). The average molecular weight is 390 g/mol. The van der Waals surface area contributed by atoms with Crippen LogP contribution in [0.5, 0.6) is 0 Å². The molecule has 1 aliphatic heterocycles. The molecule has 1 aromatic rings. The van der Waals surface area contributed by atoms with Crippen LogP contribution in [-0.2, 0) is 10.0 Å². The zero-order valence-corrected chi connectivity index (χ0v) is 16.3. The molecule has 1 saturated carbocycles. The van der Waals surface area contributed by atoms with Crippen LogP contribution in [0.3, 0.4) is 0 Å². The molecule has 2 fully saturated rings. The van der Waals surface area contributed by atoms with E-state index in [4.69, 9.17) is 11.6 Å². The maximum Gasteiger partial charge on any atom is 0.242 e. The second kappa shape index (κ2) is 7.12. The second-order valence-corrected chi connectivity index (χ2v) is 9.58. The molecule has 1 saturated heterocycles. The lowest BCUT2D eigenvalue weighted by atomic mass is 10.1. The Bertz CT molecular complexity index is 745. The van der Waals surface area contributed by atoms with E-state index in [2.05, 4.69) is 21.6 Å². The topological polar surface area (TPSA) is 52.7 Å². The zero-order chi connectivity index (χ0) is 18.2. The van der Waals surface area contributed by atoms with Gasteiger partial charge in [0.1, 0.15) is 10.7 Å². The van der Waals surface area contributed by atoms with Crippen molar-refractivity contribution in [3.05, 3.63) is 28.5 Å². The van der Waals surface area contributed by atoms with E-state index >= 15 is 0 Å². The van der Waals surface area contributed by atoms with Crippen molar-refractivity contribution in [3.63, 3.8) is 0 Å². The van der Waals surface area contributed by atoms with Crippen molar-refractivity contribution >= 4 is 21.6 Å². The van der Waals surface area contributed by atoms with Crippen molar-refractivity contribution < 1.29 is 12.8 Å². The first kappa shape index (κ1) is 19.0. The molecule has 1 N–H and O–H groups in total. The van der Waals surface area contributed by atoms with Gasteiger partial charge in [-0.2, -0.15) is 0 Å². The molecule has 1 aromatic carbocycles. The summed E-state index contributed by atoms with van der Waals surface area (Å²) in [5, 5.41) is -0.0838. The number of sulfonamides is 1. The number of benzene rings is 1. The number of hydrogen-bond acceptors (Lipinski definition) is 4. The van der Waals surface area contributed by atoms with Gasteiger partial charge in [-0.25, -0.2) is 17.5 Å². The minimum Gasteiger partial charge on any atom is -0.304 e. The fourth-order valence-corrected chi connectivity index (χ4v) is 4.96. The largest absolute Gasteiger partial charge is 0.304 e. The summed E-state index contributed by atoms with van der Waals surface area (Å²) in [7, 11) is -1.63. The molecule has 0 amide bonds. The Hall–Kier alpha value is -0.730. The lowest BCUT2D eigenvalue weighted by Crippen LogP contribution is -2.47. The van der Waals surface area contributed by atoms with Crippen LogP contribution in [0, 0.1) is 18.2 Å². The molecule has 0 spiro atoms. The Balaban J connectivity index is 1.63. The fraction of sp³-hybridized carbons (Fsp3) is 0.647. The van der Waals surface area contributed by atoms with Gasteiger partial charge in [0.25, 0.3) is 0 Å². The summed E-state index contributed by atoms with van der Waals surface area (Å²) >= 11 is 5.95. The standard InChI is InChI=1S/C17H25ClFN3O2S/c1-13-9-16(14(18)10-15(13)19)25(23,24)20-11-17(3-4-17)12-22-7-5-21(2)6-8-22/h9-10,20H,3-8,11-12H2,1-2H3. The zero-order valence-electron chi connectivity index (χ0n) is 14.7. The first-order valence-corrected chi connectivity index (χ1v) is 10.4. The second-order valence-electron chi connectivity index (χ2n) is 7.44. The van der Waals surface area contributed by atoms with E-state index in [1.54, 1.807) is 0 Å². The molecule has 5 nitrogen and oxygen atoms in total. The predicted octanol–water partition coefficient (Wildman–Crippen LogP) is 2.09. The van der Waals surface area contributed by atoms with Crippen molar-refractivity contribution in [1.82, 2.24) is 14.5 Å². The van der Waals surface area contributed by atoms with Crippen molar-refractivity contribution in [2.75, 3.05) is 46.3 Å². The fourth-order valence-electron chi connectivity index (χ4n) is 3.21. The van der Waals surface area contributed by atoms with Crippen LogP contribution < -0.4 is 4.72 Å². The molecule has 0 aromatic heterocycles. The molecule has 0 unspecified atom stereocenters. The number of nitrogens with zero attached hydrogens (tertiary/aromatic N) is 2. The number of likely N-dealkylation sites (N-methyl/N-ethyl adjacent to an activating group) is 1. The van der Waals surface area contributed by atoms with Crippen LogP contribution in [-0.4, -0.2) is 64.5 Å². The third-order valence-electron chi connectivity index (χ3n) is 5.25. The first-order chi connectivity index (χ1) is 11.7. The van der Waals surface area contributed by atoms with Gasteiger partial charge in [-0.1, -0.05) is 11.6 Å². The minimum atomic E-state index is -3.75. The number of hydrogen-bond donors (Lipinski definition) is 1. The van der Waals surface area contributed by atoms with E-state index in [1.807, 2.05) is 0 Å². The third kappa shape index (κ3) is 4.52. The normalized spacial score (nSPS) is 21.4. The quantitative estimate of drug-likeness (QED) is 0.809. The summed E-state index contributed by atoms with van der Waals surface area (Å²) in [6.07, 6.45) is 2.05. The lowest BCUT2D eigenvalue weighted by molar-refractivity contribution is 0.131. The van der Waals surface area contributed by atoms with Crippen LogP contribution in [0.25, 0.3) is 0 Å². The van der Waals surface area contributed by atoms with Crippen molar-refractivity contribution in [3.8, 4) is 0 Å². The molecule has 1 heterocycles. The van der Waals surface area contributed by atoms with Gasteiger partial charge >= 0.3 is 0 Å². The van der Waals surface area contributed by atoms with E-state index < -0.39 is 15.8 Å². The monoisotopic (exact) mass is 389 g/mol. The first-order valence-electron chi connectivity index (χ1n) is 8.57. The van der Waals surface area contributed by atoms with Crippen molar-refractivity contribution in [2.24, 2.45) is 5.41 Å². The van der Waals surface area contributed by atoms with Gasteiger partial charge in [-0.15, -0.1) is 0 Å². The Kier molecular flexibility index (Phi) is 5.42. The van der Waals surface area contributed by atoms with Crippen LogP contribution in [0.4, 0.5) is 4.39 Å². The van der Waals surface area contributed by atoms with E-state index in [-0.39, 0.29) is 20.9 Å². The maximum absolute atomic E-state index is 13.5. The van der Waals surface area contributed by atoms with Gasteiger partial charge in [0, 0.05) is 39.3 Å². The molecule has 8 heteroatoms. The molecule has 0 bridgehead atoms. The maximum atomic E-state index is 13.5.